The normalized spacial score (nSPS) is 15.9. The molecule has 0 radical (unpaired) electrons. The summed E-state index contributed by atoms with van der Waals surface area (Å²) >= 11 is -1.31. The Morgan fingerprint density at radius 2 is 2.00 bits per heavy atom. The van der Waals surface area contributed by atoms with E-state index in [1.54, 1.807) is 0 Å². The molecule has 96 valence electrons. The van der Waals surface area contributed by atoms with Crippen LogP contribution in [-0.4, -0.2) is 32.3 Å². The second-order valence-corrected chi connectivity index (χ2v) is 2.59. The number of dihydropyridines is 1. The van der Waals surface area contributed by atoms with Crippen molar-refractivity contribution in [1.29, 1.82) is 0 Å². The van der Waals surface area contributed by atoms with Crippen LogP contribution in [0.5, 0.6) is 0 Å². The standard InChI is InChI=1S/C7H7NO4.H3NO.H2O.O.V/c9-6(10)4-2-1-3-5(8-4)7(11)12;1-2;;;/h1-4,8H,(H,9,10)(H,11,12);2H,1H2;1H2;;/q;;;;+1/p-1. The maximum atomic E-state index is 10.4. The molecular weight excluding hydrogens is 275 g/mol. The van der Waals surface area contributed by atoms with Gasteiger partial charge in [0.1, 0.15) is 6.04 Å². The minimum atomic E-state index is -1.41. The summed E-state index contributed by atoms with van der Waals surface area (Å²) in [6.45, 7) is 0. The Morgan fingerprint density at radius 3 is 2.35 bits per heavy atom. The Balaban J connectivity index is 0. The fraction of sp³-hybridized carbons (Fsp3) is 0.143. The van der Waals surface area contributed by atoms with E-state index in [1.807, 2.05) is 0 Å². The van der Waals surface area contributed by atoms with Gasteiger partial charge in [0.05, 0.1) is 11.7 Å². The van der Waals surface area contributed by atoms with Gasteiger partial charge in [-0.25, -0.2) is 10.7 Å². The monoisotopic (exact) mass is 286 g/mol. The van der Waals surface area contributed by atoms with Crippen molar-refractivity contribution < 1.29 is 49.3 Å². The van der Waals surface area contributed by atoms with Crippen LogP contribution in [0.3, 0.4) is 0 Å². The number of carboxylic acids is 2. The van der Waals surface area contributed by atoms with Crippen LogP contribution >= 0.6 is 0 Å². The van der Waals surface area contributed by atoms with E-state index in [1.165, 1.54) is 18.2 Å². The van der Waals surface area contributed by atoms with Gasteiger partial charge in [-0.1, -0.05) is 12.2 Å². The van der Waals surface area contributed by atoms with Crippen molar-refractivity contribution in [2.24, 2.45) is 5.90 Å². The van der Waals surface area contributed by atoms with Gasteiger partial charge in [-0.3, -0.25) is 0 Å². The molecule has 17 heavy (non-hydrogen) atoms. The molecule has 1 heterocycles. The molecule has 7 N–H and O–H groups in total. The van der Waals surface area contributed by atoms with Crippen molar-refractivity contribution in [1.82, 2.24) is 5.32 Å². The number of carboxylic acid groups (broad SMARTS) is 2. The summed E-state index contributed by atoms with van der Waals surface area (Å²) < 4.78 is 14.4. The first-order valence-corrected chi connectivity index (χ1v) is 5.13. The third-order valence-electron chi connectivity index (χ3n) is 1.36. The van der Waals surface area contributed by atoms with Crippen molar-refractivity contribution in [3.05, 3.63) is 23.9 Å². The Hall–Kier alpha value is -1.52. The number of nitrogens with one attached hydrogen (secondary N) is 1. The number of allylic oxidation sites excluding steroid dienone is 2. The van der Waals surface area contributed by atoms with E-state index >= 15 is 0 Å². The SMILES string of the molecule is NO.O=C([O-])C1=CC=CC(C(=O)O)N1.[O]=[V][OH2+]. The fourth-order valence-electron chi connectivity index (χ4n) is 0.798. The van der Waals surface area contributed by atoms with Crippen LogP contribution in [-0.2, 0) is 29.9 Å². The molecule has 0 aromatic rings. The maximum absolute atomic E-state index is 10.4. The van der Waals surface area contributed by atoms with E-state index < -0.39 is 34.6 Å². The molecule has 0 aromatic heterocycles. The molecule has 0 saturated heterocycles. The summed E-state index contributed by atoms with van der Waals surface area (Å²) in [5.74, 6) is 0.962. The summed E-state index contributed by atoms with van der Waals surface area (Å²) in [7, 11) is 0. The Morgan fingerprint density at radius 1 is 1.53 bits per heavy atom. The molecule has 0 saturated carbocycles. The fourth-order valence-corrected chi connectivity index (χ4v) is 0.798. The number of hydrogen-bond acceptors (Lipinski definition) is 7. The van der Waals surface area contributed by atoms with Gasteiger partial charge in [0.2, 0.25) is 0 Å². The van der Waals surface area contributed by atoms with Crippen molar-refractivity contribution in [3.63, 3.8) is 0 Å². The van der Waals surface area contributed by atoms with Gasteiger partial charge in [0, 0.05) is 0 Å². The van der Waals surface area contributed by atoms with Gasteiger partial charge in [-0.2, -0.15) is 0 Å². The molecule has 1 unspecified atom stereocenters. The molecule has 10 heteroatoms. The molecule has 0 spiro atoms. The zero-order chi connectivity index (χ0) is 13.8. The number of aliphatic carboxylic acids is 2. The Labute approximate surface area is 103 Å². The van der Waals surface area contributed by atoms with Gasteiger partial charge in [0.15, 0.2) is 0 Å². The number of nitrogens with two attached hydrogens (primary N) is 1. The Kier molecular flexibility index (Phi) is 11.5. The second kappa shape index (κ2) is 11.0. The first-order valence-electron chi connectivity index (χ1n) is 3.87. The van der Waals surface area contributed by atoms with Gasteiger partial charge in [-0.05, 0) is 6.08 Å². The predicted molar refractivity (Wildman–Crippen MR) is 47.1 cm³/mol. The van der Waals surface area contributed by atoms with Gasteiger partial charge in [-0.15, -0.1) is 0 Å². The van der Waals surface area contributed by atoms with Crippen LogP contribution < -0.4 is 16.3 Å². The van der Waals surface area contributed by atoms with Crippen LogP contribution in [0.1, 0.15) is 0 Å². The summed E-state index contributed by atoms with van der Waals surface area (Å²) in [5, 5.41) is 27.5. The van der Waals surface area contributed by atoms with Crippen LogP contribution in [0.4, 0.5) is 0 Å². The molecular formula is C7H11N2O7V. The third-order valence-corrected chi connectivity index (χ3v) is 1.36. The number of carbonyl (C=O) groups excluding carboxylic acids is 1. The van der Waals surface area contributed by atoms with Crippen molar-refractivity contribution in [3.8, 4) is 0 Å². The molecule has 0 bridgehead atoms. The summed E-state index contributed by atoms with van der Waals surface area (Å²) in [5.41, 5.74) is -0.218. The average molecular weight is 286 g/mol. The first-order chi connectivity index (χ1) is 8.02. The third kappa shape index (κ3) is 8.31. The van der Waals surface area contributed by atoms with Crippen LogP contribution in [0.25, 0.3) is 0 Å². The molecule has 9 nitrogen and oxygen atoms in total. The van der Waals surface area contributed by atoms with E-state index in [4.69, 9.17) is 18.0 Å². The first kappa shape index (κ1) is 17.9. The molecule has 0 aliphatic carbocycles. The average Bonchev–Trinajstić information content (AvgIpc) is 2.33. The molecule has 1 rings (SSSR count). The topological polar surface area (TPSA) is 176 Å². The van der Waals surface area contributed by atoms with Gasteiger partial charge in [0.25, 0.3) is 0 Å². The molecule has 0 aromatic carbocycles. The Bertz CT molecular complexity index is 328. The quantitative estimate of drug-likeness (QED) is 0.300. The van der Waals surface area contributed by atoms with Gasteiger partial charge < -0.3 is 25.5 Å². The van der Waals surface area contributed by atoms with Crippen LogP contribution in [0.2, 0.25) is 0 Å². The molecule has 0 amide bonds. The summed E-state index contributed by atoms with van der Waals surface area (Å²) in [4.78, 5) is 20.6. The van der Waals surface area contributed by atoms with Crippen molar-refractivity contribution in [2.75, 3.05) is 0 Å². The molecule has 1 aliphatic heterocycles. The van der Waals surface area contributed by atoms with Gasteiger partial charge >= 0.3 is 30.3 Å². The minimum absolute atomic E-state index is 0.218. The van der Waals surface area contributed by atoms with E-state index in [0.717, 1.165) is 0 Å². The van der Waals surface area contributed by atoms with Crippen molar-refractivity contribution in [2.45, 2.75) is 6.04 Å². The van der Waals surface area contributed by atoms with E-state index in [-0.39, 0.29) is 5.70 Å². The summed E-state index contributed by atoms with van der Waals surface area (Å²) in [6, 6.07) is -0.983. The zero-order valence-corrected chi connectivity index (χ0v) is 9.76. The molecule has 1 atom stereocenters. The molecule has 1 aliphatic rings. The van der Waals surface area contributed by atoms with E-state index in [9.17, 15) is 14.7 Å². The van der Waals surface area contributed by atoms with E-state index in [2.05, 4.69) is 11.2 Å². The molecule has 0 fully saturated rings. The van der Waals surface area contributed by atoms with E-state index in [0.29, 0.717) is 0 Å². The second-order valence-electron chi connectivity index (χ2n) is 2.30. The number of carbonyl (C=O) groups is 2. The number of rotatable bonds is 2. The van der Waals surface area contributed by atoms with Crippen LogP contribution in [0, 0.1) is 0 Å². The number of hydrogen-bond donors (Lipinski definition) is 4. The van der Waals surface area contributed by atoms with Crippen molar-refractivity contribution >= 4 is 11.9 Å². The summed E-state index contributed by atoms with van der Waals surface area (Å²) in [6.07, 6.45) is 3.95. The predicted octanol–water partition coefficient (Wildman–Crippen LogP) is -3.38. The zero-order valence-electron chi connectivity index (χ0n) is 8.36. The van der Waals surface area contributed by atoms with Crippen LogP contribution in [0.15, 0.2) is 23.9 Å².